The summed E-state index contributed by atoms with van der Waals surface area (Å²) in [7, 11) is 0. The van der Waals surface area contributed by atoms with Crippen molar-refractivity contribution in [3.63, 3.8) is 0 Å². The lowest BCUT2D eigenvalue weighted by molar-refractivity contribution is -0.133. The molecule has 102 valence electrons. The highest BCUT2D eigenvalue weighted by molar-refractivity contribution is 6.08. The first kappa shape index (κ1) is 13.6. The smallest absolute Gasteiger partial charge is 0.331 e. The lowest BCUT2D eigenvalue weighted by Gasteiger charge is -2.41. The van der Waals surface area contributed by atoms with Crippen LogP contribution in [0.2, 0.25) is 0 Å². The van der Waals surface area contributed by atoms with Gasteiger partial charge in [0.05, 0.1) is 0 Å². The van der Waals surface area contributed by atoms with Crippen molar-refractivity contribution < 1.29 is 19.8 Å². The van der Waals surface area contributed by atoms with E-state index in [1.54, 1.807) is 13.0 Å². The van der Waals surface area contributed by atoms with Crippen LogP contribution in [-0.4, -0.2) is 22.0 Å². The van der Waals surface area contributed by atoms with E-state index in [9.17, 15) is 14.7 Å². The molecule has 0 aromatic rings. The quantitative estimate of drug-likeness (QED) is 0.750. The highest BCUT2D eigenvalue weighted by atomic mass is 16.4. The van der Waals surface area contributed by atoms with Gasteiger partial charge in [0.25, 0.3) is 0 Å². The van der Waals surface area contributed by atoms with E-state index in [0.29, 0.717) is 24.8 Å². The van der Waals surface area contributed by atoms with Crippen molar-refractivity contribution >= 4 is 11.8 Å². The minimum atomic E-state index is -0.979. The SMILES string of the molecule is C=C(C(=O)O)[C@@H]1CC[C@@]2(C)C=C(O)C(=O)C(C)=C2C1. The van der Waals surface area contributed by atoms with Crippen molar-refractivity contribution in [2.45, 2.75) is 33.1 Å². The van der Waals surface area contributed by atoms with Crippen LogP contribution in [0.1, 0.15) is 33.1 Å². The topological polar surface area (TPSA) is 74.6 Å². The number of rotatable bonds is 2. The number of carbonyl (C=O) groups is 2. The third-order valence-corrected chi connectivity index (χ3v) is 4.40. The highest BCUT2D eigenvalue weighted by Gasteiger charge is 2.41. The standard InChI is InChI=1S/C15H18O4/c1-8(14(18)19)10-4-5-15(3)7-12(16)13(17)9(2)11(15)6-10/h7,10,16H,1,4-6H2,2-3H3,(H,18,19)/t10-,15+/m1/s1. The number of aliphatic carboxylic acids is 1. The van der Waals surface area contributed by atoms with Crippen molar-refractivity contribution in [3.8, 4) is 0 Å². The second-order valence-electron chi connectivity index (χ2n) is 5.65. The van der Waals surface area contributed by atoms with E-state index in [2.05, 4.69) is 6.58 Å². The normalized spacial score (nSPS) is 30.7. The van der Waals surface area contributed by atoms with Gasteiger partial charge in [-0.25, -0.2) is 4.79 Å². The van der Waals surface area contributed by atoms with Crippen LogP contribution >= 0.6 is 0 Å². The molecule has 2 N–H and O–H groups in total. The molecule has 2 aliphatic carbocycles. The van der Waals surface area contributed by atoms with Crippen molar-refractivity contribution in [2.75, 3.05) is 0 Å². The van der Waals surface area contributed by atoms with Gasteiger partial charge in [0, 0.05) is 16.6 Å². The molecular formula is C15H18O4. The number of allylic oxidation sites excluding steroid dienone is 3. The minimum Gasteiger partial charge on any atom is -0.504 e. The van der Waals surface area contributed by atoms with Gasteiger partial charge in [-0.3, -0.25) is 4.79 Å². The summed E-state index contributed by atoms with van der Waals surface area (Å²) in [5, 5.41) is 18.7. The maximum absolute atomic E-state index is 11.8. The Hall–Kier alpha value is -1.84. The van der Waals surface area contributed by atoms with Gasteiger partial charge in [-0.2, -0.15) is 0 Å². The zero-order chi connectivity index (χ0) is 14.4. The highest BCUT2D eigenvalue weighted by Crippen LogP contribution is 2.49. The summed E-state index contributed by atoms with van der Waals surface area (Å²) in [6, 6.07) is 0. The number of fused-ring (bicyclic) bond motifs is 1. The number of carboxylic acids is 1. The molecule has 4 heteroatoms. The predicted octanol–water partition coefficient (Wildman–Crippen LogP) is 2.77. The van der Waals surface area contributed by atoms with Crippen LogP contribution in [0.5, 0.6) is 0 Å². The summed E-state index contributed by atoms with van der Waals surface area (Å²) in [4.78, 5) is 22.8. The number of carbonyl (C=O) groups excluding carboxylic acids is 1. The second kappa shape index (κ2) is 4.37. The first-order chi connectivity index (χ1) is 8.76. The maximum atomic E-state index is 11.8. The molecule has 0 spiro atoms. The van der Waals surface area contributed by atoms with Gasteiger partial charge in [-0.15, -0.1) is 0 Å². The van der Waals surface area contributed by atoms with E-state index >= 15 is 0 Å². The summed E-state index contributed by atoms with van der Waals surface area (Å²) in [5.74, 6) is -1.65. The van der Waals surface area contributed by atoms with Gasteiger partial charge in [-0.1, -0.05) is 19.1 Å². The number of carboxylic acid groups (broad SMARTS) is 1. The summed E-state index contributed by atoms with van der Waals surface area (Å²) in [6.45, 7) is 7.31. The Morgan fingerprint density at radius 1 is 1.53 bits per heavy atom. The van der Waals surface area contributed by atoms with Crippen LogP contribution in [0.25, 0.3) is 0 Å². The van der Waals surface area contributed by atoms with Gasteiger partial charge in [0.2, 0.25) is 5.78 Å². The monoisotopic (exact) mass is 262 g/mol. The van der Waals surface area contributed by atoms with Gasteiger partial charge in [0.15, 0.2) is 5.76 Å². The Kier molecular flexibility index (Phi) is 3.12. The summed E-state index contributed by atoms with van der Waals surface area (Å²) in [6.07, 6.45) is 3.56. The average molecular weight is 262 g/mol. The van der Waals surface area contributed by atoms with Crippen LogP contribution in [0, 0.1) is 11.3 Å². The summed E-state index contributed by atoms with van der Waals surface area (Å²) >= 11 is 0. The van der Waals surface area contributed by atoms with E-state index in [4.69, 9.17) is 5.11 Å². The molecule has 0 bridgehead atoms. The fourth-order valence-electron chi connectivity index (χ4n) is 3.12. The first-order valence-corrected chi connectivity index (χ1v) is 6.35. The number of hydrogen-bond acceptors (Lipinski definition) is 3. The fraction of sp³-hybridized carbons (Fsp3) is 0.467. The third-order valence-electron chi connectivity index (χ3n) is 4.40. The predicted molar refractivity (Wildman–Crippen MR) is 70.6 cm³/mol. The molecule has 0 aromatic carbocycles. The largest absolute Gasteiger partial charge is 0.504 e. The van der Waals surface area contributed by atoms with E-state index < -0.39 is 5.97 Å². The third kappa shape index (κ3) is 2.11. The van der Waals surface area contributed by atoms with Gasteiger partial charge in [-0.05, 0) is 38.2 Å². The molecule has 0 radical (unpaired) electrons. The molecule has 2 atom stereocenters. The Balaban J connectivity index is 2.36. The van der Waals surface area contributed by atoms with Gasteiger partial charge < -0.3 is 10.2 Å². The number of aliphatic hydroxyl groups excluding tert-OH is 1. The molecule has 0 amide bonds. The lowest BCUT2D eigenvalue weighted by Crippen LogP contribution is -2.33. The molecule has 2 rings (SSSR count). The fourth-order valence-corrected chi connectivity index (χ4v) is 3.12. The van der Waals surface area contributed by atoms with Crippen LogP contribution in [0.4, 0.5) is 0 Å². The second-order valence-corrected chi connectivity index (χ2v) is 5.65. The molecule has 0 heterocycles. The maximum Gasteiger partial charge on any atom is 0.331 e. The van der Waals surface area contributed by atoms with E-state index in [1.807, 2.05) is 6.92 Å². The number of ketones is 1. The number of hydrogen-bond donors (Lipinski definition) is 2. The summed E-state index contributed by atoms with van der Waals surface area (Å²) in [5.41, 5.74) is 1.35. The molecule has 19 heavy (non-hydrogen) atoms. The van der Waals surface area contributed by atoms with Crippen LogP contribution in [0.15, 0.2) is 35.1 Å². The van der Waals surface area contributed by atoms with Gasteiger partial charge >= 0.3 is 5.97 Å². The number of aliphatic hydroxyl groups is 1. The molecular weight excluding hydrogens is 244 g/mol. The van der Waals surface area contributed by atoms with Crippen LogP contribution < -0.4 is 0 Å². The van der Waals surface area contributed by atoms with Crippen molar-refractivity contribution in [1.29, 1.82) is 0 Å². The molecule has 1 saturated carbocycles. The van der Waals surface area contributed by atoms with Crippen LogP contribution in [0.3, 0.4) is 0 Å². The van der Waals surface area contributed by atoms with E-state index in [-0.39, 0.29) is 28.4 Å². The average Bonchev–Trinajstić information content (AvgIpc) is 2.35. The van der Waals surface area contributed by atoms with E-state index in [0.717, 1.165) is 5.57 Å². The van der Waals surface area contributed by atoms with E-state index in [1.165, 1.54) is 0 Å². The molecule has 2 aliphatic rings. The first-order valence-electron chi connectivity index (χ1n) is 6.35. The molecule has 0 aromatic heterocycles. The van der Waals surface area contributed by atoms with Crippen LogP contribution in [-0.2, 0) is 9.59 Å². The Labute approximate surface area is 112 Å². The Morgan fingerprint density at radius 2 is 2.16 bits per heavy atom. The van der Waals surface area contributed by atoms with Crippen molar-refractivity contribution in [1.82, 2.24) is 0 Å². The van der Waals surface area contributed by atoms with Crippen molar-refractivity contribution in [2.24, 2.45) is 11.3 Å². The number of Topliss-reactive ketones (excluding diaryl/α,β-unsaturated/α-hetero) is 1. The van der Waals surface area contributed by atoms with Gasteiger partial charge in [0.1, 0.15) is 0 Å². The molecule has 0 aliphatic heterocycles. The zero-order valence-electron chi connectivity index (χ0n) is 11.2. The van der Waals surface area contributed by atoms with Crippen molar-refractivity contribution in [3.05, 3.63) is 35.1 Å². The molecule has 1 fully saturated rings. The lowest BCUT2D eigenvalue weighted by atomic mass is 9.63. The zero-order valence-corrected chi connectivity index (χ0v) is 11.2. The Bertz CT molecular complexity index is 538. The molecule has 0 saturated heterocycles. The summed E-state index contributed by atoms with van der Waals surface area (Å²) < 4.78 is 0. The molecule has 0 unspecified atom stereocenters. The molecule has 4 nitrogen and oxygen atoms in total. The Morgan fingerprint density at radius 3 is 2.74 bits per heavy atom. The minimum absolute atomic E-state index is 0.128.